The van der Waals surface area contributed by atoms with Crippen LogP contribution in [0.1, 0.15) is 37.0 Å². The molecule has 1 aromatic rings. The Labute approximate surface area is 122 Å². The molecule has 106 valence electrons. The third kappa shape index (κ3) is 2.87. The van der Waals surface area contributed by atoms with Gasteiger partial charge in [0.05, 0.1) is 17.7 Å². The van der Waals surface area contributed by atoms with Crippen LogP contribution in [0.25, 0.3) is 0 Å². The summed E-state index contributed by atoms with van der Waals surface area (Å²) < 4.78 is 0. The zero-order valence-electron chi connectivity index (χ0n) is 11.3. The number of hydrogen-bond donors (Lipinski definition) is 2. The predicted octanol–water partition coefficient (Wildman–Crippen LogP) is 2.25. The molecule has 0 spiro atoms. The van der Waals surface area contributed by atoms with E-state index in [0.717, 1.165) is 17.2 Å². The van der Waals surface area contributed by atoms with E-state index in [1.54, 1.807) is 6.20 Å². The Morgan fingerprint density at radius 1 is 1.50 bits per heavy atom. The maximum absolute atomic E-state index is 12.3. The third-order valence-corrected chi connectivity index (χ3v) is 5.09. The highest BCUT2D eigenvalue weighted by molar-refractivity contribution is 7.16. The van der Waals surface area contributed by atoms with Gasteiger partial charge in [0.25, 0.3) is 0 Å². The Morgan fingerprint density at radius 2 is 2.40 bits per heavy atom. The molecule has 1 amide bonds. The third-order valence-electron chi connectivity index (χ3n) is 4.26. The molecule has 3 atom stereocenters. The number of anilines is 1. The molecule has 0 aromatic carbocycles. The van der Waals surface area contributed by atoms with Crippen LogP contribution in [0.15, 0.2) is 6.20 Å². The average Bonchev–Trinajstić information content (AvgIpc) is 3.15. The summed E-state index contributed by atoms with van der Waals surface area (Å²) in [5.41, 5.74) is 0. The fraction of sp³-hybridized carbons (Fsp3) is 0.600. The highest BCUT2D eigenvalue weighted by atomic mass is 32.1. The average molecular weight is 290 g/mol. The van der Waals surface area contributed by atoms with E-state index in [0.29, 0.717) is 17.5 Å². The number of aromatic nitrogens is 1. The Kier molecular flexibility index (Phi) is 4.04. The summed E-state index contributed by atoms with van der Waals surface area (Å²) in [5, 5.41) is 12.2. The van der Waals surface area contributed by atoms with Crippen molar-refractivity contribution in [1.82, 2.24) is 4.98 Å². The smallest absolute Gasteiger partial charge is 0.229 e. The summed E-state index contributed by atoms with van der Waals surface area (Å²) in [4.78, 5) is 17.3. The van der Waals surface area contributed by atoms with E-state index < -0.39 is 0 Å². The fourth-order valence-electron chi connectivity index (χ4n) is 3.36. The highest BCUT2D eigenvalue weighted by Crippen LogP contribution is 2.48. The van der Waals surface area contributed by atoms with E-state index in [4.69, 9.17) is 5.11 Å². The van der Waals surface area contributed by atoms with Crippen LogP contribution < -0.4 is 5.32 Å². The van der Waals surface area contributed by atoms with Crippen molar-refractivity contribution < 1.29 is 9.90 Å². The fourth-order valence-corrected chi connectivity index (χ4v) is 4.05. The van der Waals surface area contributed by atoms with Crippen molar-refractivity contribution in [1.29, 1.82) is 0 Å². The molecular formula is C15H18N2O2S. The maximum Gasteiger partial charge on any atom is 0.229 e. The second kappa shape index (κ2) is 5.94. The minimum Gasteiger partial charge on any atom is -0.395 e. The van der Waals surface area contributed by atoms with Crippen LogP contribution in [0.5, 0.6) is 0 Å². The largest absolute Gasteiger partial charge is 0.395 e. The molecule has 20 heavy (non-hydrogen) atoms. The molecule has 2 bridgehead atoms. The summed E-state index contributed by atoms with van der Waals surface area (Å²) >= 11 is 1.39. The zero-order valence-corrected chi connectivity index (χ0v) is 12.1. The lowest BCUT2D eigenvalue weighted by atomic mass is 9.88. The molecule has 4 nitrogen and oxygen atoms in total. The van der Waals surface area contributed by atoms with E-state index in [1.165, 1.54) is 30.6 Å². The van der Waals surface area contributed by atoms with Crippen LogP contribution in [0.2, 0.25) is 0 Å². The van der Waals surface area contributed by atoms with Gasteiger partial charge < -0.3 is 10.4 Å². The quantitative estimate of drug-likeness (QED) is 0.839. The summed E-state index contributed by atoms with van der Waals surface area (Å²) in [6.07, 6.45) is 6.92. The number of thiazole rings is 1. The Balaban J connectivity index is 1.58. The molecule has 2 N–H and O–H groups in total. The van der Waals surface area contributed by atoms with Crippen molar-refractivity contribution in [3.63, 3.8) is 0 Å². The van der Waals surface area contributed by atoms with Gasteiger partial charge in [-0.25, -0.2) is 4.98 Å². The molecule has 0 radical (unpaired) electrons. The highest BCUT2D eigenvalue weighted by Gasteiger charge is 2.43. The van der Waals surface area contributed by atoms with Gasteiger partial charge in [-0.3, -0.25) is 4.79 Å². The SMILES string of the molecule is O=C(Nc1ncc(C#CCCO)s1)C1CC2CCC1C2. The van der Waals surface area contributed by atoms with Crippen LogP contribution in [0.3, 0.4) is 0 Å². The van der Waals surface area contributed by atoms with Gasteiger partial charge in [0, 0.05) is 12.3 Å². The predicted molar refractivity (Wildman–Crippen MR) is 78.3 cm³/mol. The zero-order chi connectivity index (χ0) is 13.9. The van der Waals surface area contributed by atoms with Gasteiger partial charge in [-0.15, -0.1) is 0 Å². The van der Waals surface area contributed by atoms with Gasteiger partial charge in [-0.05, 0) is 31.1 Å². The second-order valence-electron chi connectivity index (χ2n) is 5.58. The molecule has 2 fully saturated rings. The molecule has 5 heteroatoms. The van der Waals surface area contributed by atoms with Gasteiger partial charge in [0.1, 0.15) is 0 Å². The normalized spacial score (nSPS) is 27.1. The van der Waals surface area contributed by atoms with E-state index in [2.05, 4.69) is 22.1 Å². The van der Waals surface area contributed by atoms with Crippen LogP contribution in [0.4, 0.5) is 5.13 Å². The minimum atomic E-state index is 0.0691. The molecule has 3 rings (SSSR count). The van der Waals surface area contributed by atoms with Crippen LogP contribution >= 0.6 is 11.3 Å². The van der Waals surface area contributed by atoms with Crippen molar-refractivity contribution in [2.24, 2.45) is 17.8 Å². The van der Waals surface area contributed by atoms with Crippen molar-refractivity contribution >= 4 is 22.4 Å². The molecule has 1 aromatic heterocycles. The monoisotopic (exact) mass is 290 g/mol. The number of carbonyl (C=O) groups excluding carboxylic acids is 1. The molecule has 2 saturated carbocycles. The van der Waals surface area contributed by atoms with E-state index in [-0.39, 0.29) is 18.4 Å². The first-order valence-corrected chi connectivity index (χ1v) is 7.94. The topological polar surface area (TPSA) is 62.2 Å². The first-order chi connectivity index (χ1) is 9.76. The summed E-state index contributed by atoms with van der Waals surface area (Å²) in [6.45, 7) is 0.0691. The maximum atomic E-state index is 12.3. The molecular weight excluding hydrogens is 272 g/mol. The van der Waals surface area contributed by atoms with Crippen LogP contribution in [-0.4, -0.2) is 22.6 Å². The second-order valence-corrected chi connectivity index (χ2v) is 6.61. The van der Waals surface area contributed by atoms with Crippen molar-refractivity contribution in [2.45, 2.75) is 32.1 Å². The van der Waals surface area contributed by atoms with E-state index in [1.807, 2.05) is 0 Å². The molecule has 2 aliphatic carbocycles. The van der Waals surface area contributed by atoms with E-state index >= 15 is 0 Å². The van der Waals surface area contributed by atoms with E-state index in [9.17, 15) is 4.79 Å². The number of hydrogen-bond acceptors (Lipinski definition) is 4. The first-order valence-electron chi connectivity index (χ1n) is 7.12. The number of aliphatic hydroxyl groups excluding tert-OH is 1. The van der Waals surface area contributed by atoms with Crippen molar-refractivity contribution in [2.75, 3.05) is 11.9 Å². The molecule has 0 saturated heterocycles. The van der Waals surface area contributed by atoms with Gasteiger partial charge in [0.2, 0.25) is 5.91 Å². The van der Waals surface area contributed by atoms with Gasteiger partial charge in [0.15, 0.2) is 5.13 Å². The molecule has 1 heterocycles. The summed E-state index contributed by atoms with van der Waals surface area (Å²) in [5.74, 6) is 7.45. The summed E-state index contributed by atoms with van der Waals surface area (Å²) in [7, 11) is 0. The molecule has 3 unspecified atom stereocenters. The lowest BCUT2D eigenvalue weighted by molar-refractivity contribution is -0.121. The van der Waals surface area contributed by atoms with Gasteiger partial charge in [-0.2, -0.15) is 0 Å². The molecule has 0 aliphatic heterocycles. The van der Waals surface area contributed by atoms with Crippen LogP contribution in [0, 0.1) is 29.6 Å². The van der Waals surface area contributed by atoms with Gasteiger partial charge >= 0.3 is 0 Å². The Bertz CT molecular complexity index is 558. The Morgan fingerprint density at radius 3 is 3.10 bits per heavy atom. The Hall–Kier alpha value is -1.38. The summed E-state index contributed by atoms with van der Waals surface area (Å²) in [6, 6.07) is 0. The van der Waals surface area contributed by atoms with Gasteiger partial charge in [-0.1, -0.05) is 29.6 Å². The number of nitrogens with one attached hydrogen (secondary N) is 1. The van der Waals surface area contributed by atoms with Crippen LogP contribution in [-0.2, 0) is 4.79 Å². The first kappa shape index (κ1) is 13.6. The molecule has 2 aliphatic rings. The number of carbonyl (C=O) groups is 1. The number of fused-ring (bicyclic) bond motifs is 2. The minimum absolute atomic E-state index is 0.0691. The van der Waals surface area contributed by atoms with Crippen molar-refractivity contribution in [3.05, 3.63) is 11.1 Å². The lowest BCUT2D eigenvalue weighted by Crippen LogP contribution is -2.27. The number of aliphatic hydroxyl groups is 1. The lowest BCUT2D eigenvalue weighted by Gasteiger charge is -2.19. The number of rotatable bonds is 3. The van der Waals surface area contributed by atoms with Crippen molar-refractivity contribution in [3.8, 4) is 11.8 Å². The number of amides is 1. The standard InChI is InChI=1S/C15H18N2O2S/c18-6-2-1-3-12-9-16-15(20-12)17-14(19)13-8-10-4-5-11(13)7-10/h9-11,13,18H,2,4-8H2,(H,16,17,19). The number of nitrogens with zero attached hydrogens (tertiary/aromatic N) is 1.